The van der Waals surface area contributed by atoms with Crippen LogP contribution in [0.1, 0.15) is 26.7 Å². The van der Waals surface area contributed by atoms with E-state index >= 15 is 0 Å². The van der Waals surface area contributed by atoms with Crippen molar-refractivity contribution in [1.29, 1.82) is 0 Å². The number of halogens is 2. The average molecular weight is 368 g/mol. The Morgan fingerprint density at radius 3 is 2.57 bits per heavy atom. The second-order valence-corrected chi connectivity index (χ2v) is 5.36. The van der Waals surface area contributed by atoms with Crippen LogP contribution in [0.5, 0.6) is 0 Å². The smallest absolute Gasteiger partial charge is 0.0489 e. The third-order valence-electron chi connectivity index (χ3n) is 2.27. The van der Waals surface area contributed by atoms with Crippen molar-refractivity contribution < 1.29 is 0 Å². The predicted octanol–water partition coefficient (Wildman–Crippen LogP) is 4.65. The Kier molecular flexibility index (Phi) is 5.23. The van der Waals surface area contributed by atoms with Crippen LogP contribution < -0.4 is 5.32 Å². The molecule has 1 aromatic carbocycles. The number of anilines is 1. The van der Waals surface area contributed by atoms with Crippen molar-refractivity contribution in [2.45, 2.75) is 32.7 Å². The molecule has 1 nitrogen and oxygen atoms in total. The number of hydrogen-bond acceptors (Lipinski definition) is 1. The quantitative estimate of drug-likeness (QED) is 0.763. The van der Waals surface area contributed by atoms with Gasteiger partial charge in [-0.15, -0.1) is 0 Å². The molecule has 0 saturated heterocycles. The van der Waals surface area contributed by atoms with E-state index in [0.29, 0.717) is 6.04 Å². The topological polar surface area (TPSA) is 12.0 Å². The molecular weight excluding hydrogens is 353 g/mol. The molecule has 3 heteroatoms. The SMILES string of the molecule is CCC(CC)Nc1cc(Br)ccc1I. The van der Waals surface area contributed by atoms with Gasteiger partial charge < -0.3 is 5.32 Å². The maximum absolute atomic E-state index is 3.55. The van der Waals surface area contributed by atoms with E-state index in [1.54, 1.807) is 0 Å². The Morgan fingerprint density at radius 1 is 1.36 bits per heavy atom. The summed E-state index contributed by atoms with van der Waals surface area (Å²) >= 11 is 5.85. The summed E-state index contributed by atoms with van der Waals surface area (Å²) in [6.07, 6.45) is 2.33. The lowest BCUT2D eigenvalue weighted by atomic mass is 10.1. The van der Waals surface area contributed by atoms with E-state index in [9.17, 15) is 0 Å². The van der Waals surface area contributed by atoms with Gasteiger partial charge in [0, 0.05) is 19.8 Å². The van der Waals surface area contributed by atoms with Gasteiger partial charge in [-0.3, -0.25) is 0 Å². The molecular formula is C11H15BrIN. The minimum Gasteiger partial charge on any atom is -0.381 e. The summed E-state index contributed by atoms with van der Waals surface area (Å²) in [5, 5.41) is 3.55. The molecule has 1 N–H and O–H groups in total. The summed E-state index contributed by atoms with van der Waals surface area (Å²) in [5.41, 5.74) is 1.23. The van der Waals surface area contributed by atoms with Crippen molar-refractivity contribution >= 4 is 44.2 Å². The molecule has 0 saturated carbocycles. The Morgan fingerprint density at radius 2 is 2.00 bits per heavy atom. The van der Waals surface area contributed by atoms with Crippen molar-refractivity contribution in [2.24, 2.45) is 0 Å². The molecule has 0 fully saturated rings. The number of benzene rings is 1. The first-order valence-electron chi connectivity index (χ1n) is 4.89. The van der Waals surface area contributed by atoms with E-state index in [-0.39, 0.29) is 0 Å². The first kappa shape index (κ1) is 12.3. The molecule has 0 heterocycles. The van der Waals surface area contributed by atoms with Crippen LogP contribution in [0.25, 0.3) is 0 Å². The maximum atomic E-state index is 3.55. The van der Waals surface area contributed by atoms with Gasteiger partial charge in [-0.2, -0.15) is 0 Å². The van der Waals surface area contributed by atoms with Crippen LogP contribution >= 0.6 is 38.5 Å². The van der Waals surface area contributed by atoms with E-state index in [2.05, 4.69) is 75.9 Å². The standard InChI is InChI=1S/C11H15BrIN/c1-3-9(4-2)14-11-7-8(12)5-6-10(11)13/h5-7,9,14H,3-4H2,1-2H3. The van der Waals surface area contributed by atoms with Gasteiger partial charge in [-0.05, 0) is 53.6 Å². The summed E-state index contributed by atoms with van der Waals surface area (Å²) in [4.78, 5) is 0. The molecule has 1 aromatic rings. The fraction of sp³-hybridized carbons (Fsp3) is 0.455. The van der Waals surface area contributed by atoms with Crippen LogP contribution in [0, 0.1) is 3.57 Å². The zero-order valence-corrected chi connectivity index (χ0v) is 12.2. The molecule has 0 aliphatic carbocycles. The maximum Gasteiger partial charge on any atom is 0.0489 e. The van der Waals surface area contributed by atoms with Crippen LogP contribution in [0.2, 0.25) is 0 Å². The largest absolute Gasteiger partial charge is 0.381 e. The van der Waals surface area contributed by atoms with E-state index in [4.69, 9.17) is 0 Å². The van der Waals surface area contributed by atoms with E-state index in [0.717, 1.165) is 4.47 Å². The summed E-state index contributed by atoms with van der Waals surface area (Å²) in [5.74, 6) is 0. The fourth-order valence-electron chi connectivity index (χ4n) is 1.32. The highest BCUT2D eigenvalue weighted by atomic mass is 127. The van der Waals surface area contributed by atoms with E-state index in [1.165, 1.54) is 22.1 Å². The van der Waals surface area contributed by atoms with Gasteiger partial charge in [0.05, 0.1) is 0 Å². The molecule has 0 amide bonds. The summed E-state index contributed by atoms with van der Waals surface area (Å²) in [6, 6.07) is 6.91. The Balaban J connectivity index is 2.79. The molecule has 0 unspecified atom stereocenters. The fourth-order valence-corrected chi connectivity index (χ4v) is 2.17. The van der Waals surface area contributed by atoms with Crippen molar-refractivity contribution in [3.63, 3.8) is 0 Å². The number of hydrogen-bond donors (Lipinski definition) is 1. The zero-order valence-electron chi connectivity index (χ0n) is 8.48. The van der Waals surface area contributed by atoms with Crippen LogP contribution in [0.3, 0.4) is 0 Å². The molecule has 0 bridgehead atoms. The first-order valence-corrected chi connectivity index (χ1v) is 6.76. The minimum atomic E-state index is 0.581. The molecule has 0 aliphatic rings. The van der Waals surface area contributed by atoms with Crippen molar-refractivity contribution in [3.05, 3.63) is 26.2 Å². The predicted molar refractivity (Wildman–Crippen MR) is 74.9 cm³/mol. The molecule has 1 rings (SSSR count). The molecule has 0 atom stereocenters. The molecule has 0 spiro atoms. The van der Waals surface area contributed by atoms with Gasteiger partial charge in [0.2, 0.25) is 0 Å². The Hall–Kier alpha value is 0.230. The highest BCUT2D eigenvalue weighted by molar-refractivity contribution is 14.1. The van der Waals surface area contributed by atoms with Gasteiger partial charge in [0.15, 0.2) is 0 Å². The van der Waals surface area contributed by atoms with E-state index < -0.39 is 0 Å². The van der Waals surface area contributed by atoms with Crippen molar-refractivity contribution in [3.8, 4) is 0 Å². The van der Waals surface area contributed by atoms with Gasteiger partial charge >= 0.3 is 0 Å². The monoisotopic (exact) mass is 367 g/mol. The third-order valence-corrected chi connectivity index (χ3v) is 3.71. The third kappa shape index (κ3) is 3.42. The van der Waals surface area contributed by atoms with Gasteiger partial charge in [-0.1, -0.05) is 29.8 Å². The zero-order chi connectivity index (χ0) is 10.6. The highest BCUT2D eigenvalue weighted by Gasteiger charge is 2.05. The normalized spacial score (nSPS) is 10.6. The van der Waals surface area contributed by atoms with Gasteiger partial charge in [0.25, 0.3) is 0 Å². The van der Waals surface area contributed by atoms with Crippen molar-refractivity contribution in [2.75, 3.05) is 5.32 Å². The van der Waals surface area contributed by atoms with Gasteiger partial charge in [-0.25, -0.2) is 0 Å². The van der Waals surface area contributed by atoms with Crippen molar-refractivity contribution in [1.82, 2.24) is 0 Å². The van der Waals surface area contributed by atoms with Crippen LogP contribution in [0.4, 0.5) is 5.69 Å². The van der Waals surface area contributed by atoms with Crippen LogP contribution in [0.15, 0.2) is 22.7 Å². The van der Waals surface area contributed by atoms with Gasteiger partial charge in [0.1, 0.15) is 0 Å². The summed E-state index contributed by atoms with van der Waals surface area (Å²) < 4.78 is 2.41. The molecule has 78 valence electrons. The first-order chi connectivity index (χ1) is 6.67. The second kappa shape index (κ2) is 5.95. The average Bonchev–Trinajstić information content (AvgIpc) is 2.19. The van der Waals surface area contributed by atoms with Crippen LogP contribution in [-0.2, 0) is 0 Å². The second-order valence-electron chi connectivity index (χ2n) is 3.28. The Bertz CT molecular complexity index is 297. The molecule has 0 aromatic heterocycles. The summed E-state index contributed by atoms with van der Waals surface area (Å²) in [7, 11) is 0. The molecule has 0 radical (unpaired) electrons. The number of nitrogens with one attached hydrogen (secondary N) is 1. The highest BCUT2D eigenvalue weighted by Crippen LogP contribution is 2.24. The summed E-state index contributed by atoms with van der Waals surface area (Å²) in [6.45, 7) is 4.43. The lowest BCUT2D eigenvalue weighted by Crippen LogP contribution is -2.17. The Labute approximate surface area is 108 Å². The van der Waals surface area contributed by atoms with E-state index in [1.807, 2.05) is 0 Å². The lowest BCUT2D eigenvalue weighted by Gasteiger charge is -2.17. The molecule has 14 heavy (non-hydrogen) atoms. The number of rotatable bonds is 4. The lowest BCUT2D eigenvalue weighted by molar-refractivity contribution is 0.671. The minimum absolute atomic E-state index is 0.581. The van der Waals surface area contributed by atoms with Crippen LogP contribution in [-0.4, -0.2) is 6.04 Å². The molecule has 0 aliphatic heterocycles.